The summed E-state index contributed by atoms with van der Waals surface area (Å²) in [5.74, 6) is 6.00. The zero-order valence-electron chi connectivity index (χ0n) is 11.0. The summed E-state index contributed by atoms with van der Waals surface area (Å²) in [5.41, 5.74) is 0.567. The maximum Gasteiger partial charge on any atom is 0.0246 e. The third kappa shape index (κ3) is 1.91. The zero-order chi connectivity index (χ0) is 11.9. The highest BCUT2D eigenvalue weighted by Gasteiger charge is 2.53. The van der Waals surface area contributed by atoms with Crippen LogP contribution >= 0.6 is 0 Å². The van der Waals surface area contributed by atoms with E-state index in [-0.39, 0.29) is 0 Å². The minimum absolute atomic E-state index is 0.567. The van der Waals surface area contributed by atoms with Crippen molar-refractivity contribution < 1.29 is 0 Å². The topological polar surface area (TPSA) is 12.0 Å². The third-order valence-electron chi connectivity index (χ3n) is 5.60. The van der Waals surface area contributed by atoms with Gasteiger partial charge in [-0.3, -0.25) is 0 Å². The molecule has 0 heterocycles. The van der Waals surface area contributed by atoms with Gasteiger partial charge in [0, 0.05) is 12.5 Å². The second kappa shape index (κ2) is 4.32. The Morgan fingerprint density at radius 3 is 2.12 bits per heavy atom. The fourth-order valence-electron chi connectivity index (χ4n) is 5.47. The first-order valence-electron chi connectivity index (χ1n) is 7.42. The molecule has 1 atom stereocenters. The Bertz CT molecular complexity index is 290. The molecule has 4 bridgehead atoms. The smallest absolute Gasteiger partial charge is 0.0246 e. The summed E-state index contributed by atoms with van der Waals surface area (Å²) in [5, 5.41) is 3.70. The van der Waals surface area contributed by atoms with Crippen LogP contribution in [-0.2, 0) is 0 Å². The van der Waals surface area contributed by atoms with Gasteiger partial charge in [-0.2, -0.15) is 0 Å². The number of terminal acetylenes is 1. The average molecular weight is 231 g/mol. The monoisotopic (exact) mass is 231 g/mol. The molecule has 0 aromatic heterocycles. The fourth-order valence-corrected chi connectivity index (χ4v) is 5.47. The van der Waals surface area contributed by atoms with E-state index in [1.807, 2.05) is 0 Å². The Hall–Kier alpha value is -0.480. The standard InChI is InChI=1S/C16H25N/c1-3-5-15(17-4-2)16-9-12-6-13(10-16)8-14(7-12)11-16/h1,12-15,17H,4-11H2,2H3. The molecule has 4 rings (SSSR count). The largest absolute Gasteiger partial charge is 0.313 e. The van der Waals surface area contributed by atoms with Gasteiger partial charge in [0.25, 0.3) is 0 Å². The van der Waals surface area contributed by atoms with Crippen LogP contribution in [0, 0.1) is 35.5 Å². The molecule has 94 valence electrons. The molecule has 0 aromatic rings. The SMILES string of the molecule is C#CCC(NCC)C12CC3CC(CC(C3)C1)C2. The maximum absolute atomic E-state index is 5.59. The van der Waals surface area contributed by atoms with E-state index in [9.17, 15) is 0 Å². The molecule has 1 N–H and O–H groups in total. The highest BCUT2D eigenvalue weighted by molar-refractivity contribution is 5.08. The van der Waals surface area contributed by atoms with Crippen LogP contribution in [0.1, 0.15) is 51.9 Å². The van der Waals surface area contributed by atoms with Gasteiger partial charge in [-0.15, -0.1) is 12.3 Å². The molecule has 4 fully saturated rings. The number of hydrogen-bond donors (Lipinski definition) is 1. The van der Waals surface area contributed by atoms with Crippen LogP contribution < -0.4 is 5.32 Å². The van der Waals surface area contributed by atoms with Crippen LogP contribution in [0.15, 0.2) is 0 Å². The Morgan fingerprint density at radius 2 is 1.71 bits per heavy atom. The van der Waals surface area contributed by atoms with E-state index in [4.69, 9.17) is 6.42 Å². The van der Waals surface area contributed by atoms with Gasteiger partial charge in [0.2, 0.25) is 0 Å². The van der Waals surface area contributed by atoms with Gasteiger partial charge in [-0.1, -0.05) is 6.92 Å². The normalized spacial score (nSPS) is 44.6. The second-order valence-electron chi connectivity index (χ2n) is 6.80. The summed E-state index contributed by atoms with van der Waals surface area (Å²) in [6, 6.07) is 0.589. The Morgan fingerprint density at radius 1 is 1.18 bits per heavy atom. The predicted octanol–water partition coefficient (Wildman–Crippen LogP) is 3.20. The molecule has 1 heteroatoms. The van der Waals surface area contributed by atoms with Gasteiger partial charge in [-0.25, -0.2) is 0 Å². The molecule has 1 unspecified atom stereocenters. The van der Waals surface area contributed by atoms with Crippen LogP contribution in [0.3, 0.4) is 0 Å². The summed E-state index contributed by atoms with van der Waals surface area (Å²) in [7, 11) is 0. The molecule has 4 saturated carbocycles. The molecular weight excluding hydrogens is 206 g/mol. The highest BCUT2D eigenvalue weighted by atomic mass is 14.9. The molecular formula is C16H25N. The molecule has 0 aromatic carbocycles. The van der Waals surface area contributed by atoms with E-state index in [1.165, 1.54) is 38.5 Å². The first kappa shape index (κ1) is 11.6. The molecule has 0 saturated heterocycles. The van der Waals surface area contributed by atoms with Crippen LogP contribution in [0.25, 0.3) is 0 Å². The van der Waals surface area contributed by atoms with Crippen LogP contribution in [0.4, 0.5) is 0 Å². The predicted molar refractivity (Wildman–Crippen MR) is 71.5 cm³/mol. The fraction of sp³-hybridized carbons (Fsp3) is 0.875. The highest BCUT2D eigenvalue weighted by Crippen LogP contribution is 2.61. The van der Waals surface area contributed by atoms with Gasteiger partial charge >= 0.3 is 0 Å². The maximum atomic E-state index is 5.59. The van der Waals surface area contributed by atoms with Crippen molar-refractivity contribution in [1.29, 1.82) is 0 Å². The lowest BCUT2D eigenvalue weighted by molar-refractivity contribution is -0.0725. The van der Waals surface area contributed by atoms with E-state index >= 15 is 0 Å². The number of hydrogen-bond acceptors (Lipinski definition) is 1. The van der Waals surface area contributed by atoms with E-state index in [0.717, 1.165) is 30.7 Å². The number of rotatable bonds is 4. The molecule has 0 radical (unpaired) electrons. The summed E-state index contributed by atoms with van der Waals surface area (Å²) < 4.78 is 0. The van der Waals surface area contributed by atoms with Gasteiger partial charge in [0.1, 0.15) is 0 Å². The molecule has 4 aliphatic carbocycles. The Kier molecular flexibility index (Phi) is 2.95. The van der Waals surface area contributed by atoms with Crippen molar-refractivity contribution in [3.05, 3.63) is 0 Å². The van der Waals surface area contributed by atoms with Crippen LogP contribution in [0.2, 0.25) is 0 Å². The second-order valence-corrected chi connectivity index (χ2v) is 6.80. The summed E-state index contributed by atoms with van der Waals surface area (Å²) >= 11 is 0. The lowest BCUT2D eigenvalue weighted by Crippen LogP contribution is -2.55. The van der Waals surface area contributed by atoms with Crippen molar-refractivity contribution >= 4 is 0 Å². The summed E-state index contributed by atoms with van der Waals surface area (Å²) in [6.07, 6.45) is 15.5. The zero-order valence-corrected chi connectivity index (χ0v) is 11.0. The van der Waals surface area contributed by atoms with E-state index in [2.05, 4.69) is 18.2 Å². The van der Waals surface area contributed by atoms with Crippen LogP contribution in [-0.4, -0.2) is 12.6 Å². The van der Waals surface area contributed by atoms with Gasteiger partial charge in [-0.05, 0) is 68.2 Å². The minimum atomic E-state index is 0.567. The molecule has 0 amide bonds. The van der Waals surface area contributed by atoms with Crippen LogP contribution in [0.5, 0.6) is 0 Å². The van der Waals surface area contributed by atoms with Crippen molar-refractivity contribution in [3.8, 4) is 12.3 Å². The van der Waals surface area contributed by atoms with E-state index in [0.29, 0.717) is 11.5 Å². The first-order valence-corrected chi connectivity index (χ1v) is 7.42. The van der Waals surface area contributed by atoms with E-state index < -0.39 is 0 Å². The van der Waals surface area contributed by atoms with Gasteiger partial charge in [0.15, 0.2) is 0 Å². The Balaban J connectivity index is 1.82. The van der Waals surface area contributed by atoms with E-state index in [1.54, 1.807) is 0 Å². The van der Waals surface area contributed by atoms with Crippen molar-refractivity contribution in [3.63, 3.8) is 0 Å². The third-order valence-corrected chi connectivity index (χ3v) is 5.60. The molecule has 4 aliphatic rings. The van der Waals surface area contributed by atoms with Crippen molar-refractivity contribution in [2.75, 3.05) is 6.54 Å². The van der Waals surface area contributed by atoms with Gasteiger partial charge in [0.05, 0.1) is 0 Å². The van der Waals surface area contributed by atoms with Crippen molar-refractivity contribution in [1.82, 2.24) is 5.32 Å². The number of nitrogens with one attached hydrogen (secondary N) is 1. The Labute approximate surface area is 106 Å². The first-order chi connectivity index (χ1) is 8.25. The lowest BCUT2D eigenvalue weighted by atomic mass is 9.47. The minimum Gasteiger partial charge on any atom is -0.313 e. The molecule has 0 spiro atoms. The van der Waals surface area contributed by atoms with Crippen molar-refractivity contribution in [2.24, 2.45) is 23.2 Å². The molecule has 17 heavy (non-hydrogen) atoms. The molecule has 0 aliphatic heterocycles. The average Bonchev–Trinajstić information content (AvgIpc) is 2.27. The lowest BCUT2D eigenvalue weighted by Gasteiger charge is -2.59. The quantitative estimate of drug-likeness (QED) is 0.733. The molecule has 1 nitrogen and oxygen atoms in total. The summed E-state index contributed by atoms with van der Waals surface area (Å²) in [6.45, 7) is 3.28. The summed E-state index contributed by atoms with van der Waals surface area (Å²) in [4.78, 5) is 0. The van der Waals surface area contributed by atoms with Gasteiger partial charge < -0.3 is 5.32 Å². The van der Waals surface area contributed by atoms with Crippen molar-refractivity contribution in [2.45, 2.75) is 57.9 Å².